The molecule has 0 amide bonds. The van der Waals surface area contributed by atoms with E-state index in [2.05, 4.69) is 19.9 Å². The van der Waals surface area contributed by atoms with Gasteiger partial charge in [0.1, 0.15) is 16.5 Å². The molecular weight excluding hydrogens is 501 g/mol. The van der Waals surface area contributed by atoms with E-state index >= 15 is 0 Å². The first kappa shape index (κ1) is 26.2. The van der Waals surface area contributed by atoms with Gasteiger partial charge in [0.25, 0.3) is 0 Å². The second-order valence-electron chi connectivity index (χ2n) is 8.80. The molecule has 192 valence electrons. The number of nitrogens with two attached hydrogens (primary N) is 1. The largest absolute Gasteiger partial charge is 0.382 e. The first-order chi connectivity index (χ1) is 17.2. The van der Waals surface area contributed by atoms with E-state index in [0.29, 0.717) is 22.9 Å². The average molecular weight is 532 g/mol. The minimum Gasteiger partial charge on any atom is -0.382 e. The fourth-order valence-electron chi connectivity index (χ4n) is 4.20. The van der Waals surface area contributed by atoms with E-state index in [1.165, 1.54) is 37.5 Å². The van der Waals surface area contributed by atoms with Gasteiger partial charge in [-0.15, -0.1) is 0 Å². The minimum atomic E-state index is -3.62. The molecule has 8 nitrogen and oxygen atoms in total. The number of halogens is 1. The molecule has 1 aliphatic rings. The molecule has 1 aliphatic heterocycles. The number of nitrogens with zero attached hydrogens (tertiary/aromatic N) is 2. The second kappa shape index (κ2) is 11.5. The molecule has 36 heavy (non-hydrogen) atoms. The summed E-state index contributed by atoms with van der Waals surface area (Å²) in [6.07, 6.45) is 4.46. The van der Waals surface area contributed by atoms with Crippen LogP contribution in [0.25, 0.3) is 0 Å². The quantitative estimate of drug-likeness (QED) is 0.264. The summed E-state index contributed by atoms with van der Waals surface area (Å²) in [7, 11) is -3.62. The van der Waals surface area contributed by atoms with Crippen LogP contribution in [0.3, 0.4) is 0 Å². The molecule has 4 N–H and O–H groups in total. The van der Waals surface area contributed by atoms with Gasteiger partial charge in [-0.05, 0) is 81.7 Å². The third-order valence-corrected chi connectivity index (χ3v) is 8.58. The number of nitrogens with one attached hydrogen (secondary N) is 2. The summed E-state index contributed by atoms with van der Waals surface area (Å²) in [5, 5.41) is 3.37. The highest BCUT2D eigenvalue weighted by atomic mass is 32.2. The molecule has 1 saturated heterocycles. The number of thiazole rings is 1. The van der Waals surface area contributed by atoms with Gasteiger partial charge in [0.05, 0.1) is 10.5 Å². The van der Waals surface area contributed by atoms with Crippen molar-refractivity contribution in [3.05, 3.63) is 64.3 Å². The molecule has 0 saturated carbocycles. The lowest BCUT2D eigenvalue weighted by atomic mass is 10.0. The van der Waals surface area contributed by atoms with Gasteiger partial charge in [0.15, 0.2) is 5.13 Å². The number of benzene rings is 2. The van der Waals surface area contributed by atoms with E-state index in [1.54, 1.807) is 31.2 Å². The number of nitrogen functional groups attached to an aromatic ring is 1. The predicted octanol–water partition coefficient (Wildman–Crippen LogP) is 4.30. The van der Waals surface area contributed by atoms with E-state index < -0.39 is 21.6 Å². The van der Waals surface area contributed by atoms with Crippen molar-refractivity contribution >= 4 is 43.8 Å². The zero-order valence-electron chi connectivity index (χ0n) is 20.1. The Bertz CT molecular complexity index is 1300. The van der Waals surface area contributed by atoms with Crippen LogP contribution in [0.5, 0.6) is 0 Å². The van der Waals surface area contributed by atoms with Crippen LogP contribution >= 0.6 is 11.3 Å². The van der Waals surface area contributed by atoms with E-state index in [0.717, 1.165) is 37.4 Å². The van der Waals surface area contributed by atoms with Crippen molar-refractivity contribution in [2.75, 3.05) is 37.2 Å². The third kappa shape index (κ3) is 6.28. The molecule has 1 aromatic heterocycles. The molecule has 0 spiro atoms. The summed E-state index contributed by atoms with van der Waals surface area (Å²) < 4.78 is 42.2. The van der Waals surface area contributed by atoms with Gasteiger partial charge in [-0.1, -0.05) is 29.9 Å². The molecule has 2 aromatic carbocycles. The number of aromatic nitrogens is 1. The monoisotopic (exact) mass is 531 g/mol. The van der Waals surface area contributed by atoms with Gasteiger partial charge < -0.3 is 16.0 Å². The number of hydrogen-bond donors (Lipinski definition) is 3. The number of sulfonamides is 1. The number of anilines is 3. The number of aryl methyl sites for hydroxylation is 1. The zero-order chi connectivity index (χ0) is 25.7. The summed E-state index contributed by atoms with van der Waals surface area (Å²) >= 11 is 1.01. The molecule has 0 aliphatic carbocycles. The number of carbonyl (C=O) groups excluding carboxylic acids is 1. The fourth-order valence-corrected chi connectivity index (χ4v) is 6.12. The Balaban J connectivity index is 1.36. The van der Waals surface area contributed by atoms with E-state index in [-0.39, 0.29) is 21.2 Å². The van der Waals surface area contributed by atoms with Crippen molar-refractivity contribution in [3.63, 3.8) is 0 Å². The second-order valence-corrected chi connectivity index (χ2v) is 11.6. The summed E-state index contributed by atoms with van der Waals surface area (Å²) in [6.45, 7) is 5.11. The minimum absolute atomic E-state index is 0.00287. The van der Waals surface area contributed by atoms with Crippen LogP contribution in [0, 0.1) is 12.7 Å². The van der Waals surface area contributed by atoms with Crippen LogP contribution in [-0.2, 0) is 10.0 Å². The lowest BCUT2D eigenvalue weighted by Gasteiger charge is -2.26. The average Bonchev–Trinajstić information content (AvgIpc) is 3.22. The molecule has 11 heteroatoms. The Kier molecular flexibility index (Phi) is 8.35. The number of rotatable bonds is 10. The van der Waals surface area contributed by atoms with E-state index in [4.69, 9.17) is 5.73 Å². The third-order valence-electron chi connectivity index (χ3n) is 6.12. The Morgan fingerprint density at radius 2 is 1.86 bits per heavy atom. The van der Waals surface area contributed by atoms with Crippen LogP contribution in [0.1, 0.15) is 46.5 Å². The summed E-state index contributed by atoms with van der Waals surface area (Å²) in [4.78, 5) is 19.7. The topological polar surface area (TPSA) is 117 Å². The van der Waals surface area contributed by atoms with Crippen molar-refractivity contribution in [3.8, 4) is 0 Å². The maximum absolute atomic E-state index is 14.2. The van der Waals surface area contributed by atoms with Crippen LogP contribution in [0.2, 0.25) is 0 Å². The van der Waals surface area contributed by atoms with Gasteiger partial charge in [-0.3, -0.25) is 4.79 Å². The highest BCUT2D eigenvalue weighted by molar-refractivity contribution is 7.89. The molecular formula is C25H30FN5O3S2. The van der Waals surface area contributed by atoms with Crippen molar-refractivity contribution in [1.29, 1.82) is 0 Å². The van der Waals surface area contributed by atoms with Gasteiger partial charge in [0, 0.05) is 12.2 Å². The highest BCUT2D eigenvalue weighted by Crippen LogP contribution is 2.31. The molecule has 4 rings (SSSR count). The fraction of sp³-hybridized carbons (Fsp3) is 0.360. The zero-order valence-corrected chi connectivity index (χ0v) is 21.7. The molecule has 0 unspecified atom stereocenters. The maximum Gasteiger partial charge on any atom is 0.240 e. The van der Waals surface area contributed by atoms with Gasteiger partial charge in [-0.25, -0.2) is 22.5 Å². The van der Waals surface area contributed by atoms with Crippen LogP contribution in [0.4, 0.5) is 21.0 Å². The molecule has 3 aromatic rings. The van der Waals surface area contributed by atoms with Crippen LogP contribution < -0.4 is 15.8 Å². The summed E-state index contributed by atoms with van der Waals surface area (Å²) in [5.41, 5.74) is 7.01. The van der Waals surface area contributed by atoms with Crippen molar-refractivity contribution < 1.29 is 17.6 Å². The van der Waals surface area contributed by atoms with Crippen molar-refractivity contribution in [1.82, 2.24) is 14.6 Å². The standard InChI is InChI=1S/C25H30FN5O3S2/c1-17-7-5-8-20(26)21(17)22(32)23-24(27)30-25(35-23)29-18-9-11-19(12-10-18)36(33,34)28-13-6-16-31-14-3-2-4-15-31/h5,7-12,28H,2-4,6,13-16,27H2,1H3,(H,29,30). The van der Waals surface area contributed by atoms with Crippen molar-refractivity contribution in [2.24, 2.45) is 0 Å². The molecule has 0 bridgehead atoms. The lowest BCUT2D eigenvalue weighted by Crippen LogP contribution is -2.33. The van der Waals surface area contributed by atoms with Crippen LogP contribution in [0.15, 0.2) is 47.4 Å². The van der Waals surface area contributed by atoms with Gasteiger partial charge in [-0.2, -0.15) is 0 Å². The number of piperidine rings is 1. The normalized spacial score (nSPS) is 14.6. The Morgan fingerprint density at radius 3 is 2.56 bits per heavy atom. The van der Waals surface area contributed by atoms with E-state index in [1.807, 2.05) is 0 Å². The molecule has 2 heterocycles. The Morgan fingerprint density at radius 1 is 1.14 bits per heavy atom. The molecule has 0 radical (unpaired) electrons. The molecule has 0 atom stereocenters. The number of ketones is 1. The maximum atomic E-state index is 14.2. The summed E-state index contributed by atoms with van der Waals surface area (Å²) in [6, 6.07) is 10.7. The first-order valence-corrected chi connectivity index (χ1v) is 14.2. The lowest BCUT2D eigenvalue weighted by molar-refractivity contribution is 0.103. The Hall–Kier alpha value is -2.86. The number of likely N-dealkylation sites (tertiary alicyclic amines) is 1. The first-order valence-electron chi connectivity index (χ1n) is 11.9. The Labute approximate surface area is 214 Å². The number of carbonyl (C=O) groups is 1. The van der Waals surface area contributed by atoms with Gasteiger partial charge >= 0.3 is 0 Å². The number of hydrogen-bond acceptors (Lipinski definition) is 8. The smallest absolute Gasteiger partial charge is 0.240 e. The van der Waals surface area contributed by atoms with Crippen LogP contribution in [-0.4, -0.2) is 50.3 Å². The van der Waals surface area contributed by atoms with Gasteiger partial charge in [0.2, 0.25) is 15.8 Å². The molecule has 1 fully saturated rings. The van der Waals surface area contributed by atoms with E-state index in [9.17, 15) is 17.6 Å². The summed E-state index contributed by atoms with van der Waals surface area (Å²) in [5.74, 6) is -1.14. The SMILES string of the molecule is Cc1cccc(F)c1C(=O)c1sc(Nc2ccc(S(=O)(=O)NCCCN3CCCCC3)cc2)nc1N. The van der Waals surface area contributed by atoms with Crippen molar-refractivity contribution in [2.45, 2.75) is 37.5 Å². The predicted molar refractivity (Wildman–Crippen MR) is 141 cm³/mol. The highest BCUT2D eigenvalue weighted by Gasteiger charge is 2.23.